The summed E-state index contributed by atoms with van der Waals surface area (Å²) < 4.78 is 5.98. The molecule has 1 aromatic carbocycles. The molecule has 1 aliphatic carbocycles. The molecule has 1 N–H and O–H groups in total. The lowest BCUT2D eigenvalue weighted by Crippen LogP contribution is -2.44. The topological polar surface area (TPSA) is 58.2 Å². The number of nitrogens with one attached hydrogen (secondary N) is 1. The summed E-state index contributed by atoms with van der Waals surface area (Å²) in [5, 5.41) is 8.32. The van der Waals surface area contributed by atoms with E-state index >= 15 is 0 Å². The molecule has 2 aliphatic rings. The van der Waals surface area contributed by atoms with Gasteiger partial charge in [-0.25, -0.2) is 0 Å². The molecule has 1 unspecified atom stereocenters. The first-order chi connectivity index (χ1) is 11.3. The van der Waals surface area contributed by atoms with E-state index in [-0.39, 0.29) is 12.0 Å². The van der Waals surface area contributed by atoms with Crippen LogP contribution in [-0.2, 0) is 16.0 Å². The van der Waals surface area contributed by atoms with Gasteiger partial charge in [-0.1, -0.05) is 18.2 Å². The number of ether oxygens (including phenoxy) is 1. The molecule has 1 saturated heterocycles. The van der Waals surface area contributed by atoms with Crippen molar-refractivity contribution in [2.24, 2.45) is 5.92 Å². The number of hydrogen-bond acceptors (Lipinski definition) is 3. The highest BCUT2D eigenvalue weighted by molar-refractivity contribution is 5.87. The van der Waals surface area contributed by atoms with E-state index in [1.807, 2.05) is 29.2 Å². The summed E-state index contributed by atoms with van der Waals surface area (Å²) in [6.45, 7) is 2.45. The molecule has 0 radical (unpaired) electrons. The summed E-state index contributed by atoms with van der Waals surface area (Å²) in [7, 11) is 0. The number of carbonyl (C=O) groups is 1. The third-order valence-electron chi connectivity index (χ3n) is 4.86. The SMILES string of the molecule is O=C(Cc1[nH]nc2ccccc12)N1CCCC(OCC2CC2)C1. The number of benzene rings is 1. The summed E-state index contributed by atoms with van der Waals surface area (Å²) in [6, 6.07) is 7.91. The van der Waals surface area contributed by atoms with Gasteiger partial charge in [0.1, 0.15) is 0 Å². The van der Waals surface area contributed by atoms with Gasteiger partial charge in [0.05, 0.1) is 23.7 Å². The molecule has 4 rings (SSSR count). The Morgan fingerprint density at radius 2 is 2.17 bits per heavy atom. The lowest BCUT2D eigenvalue weighted by atomic mass is 10.1. The van der Waals surface area contributed by atoms with E-state index in [2.05, 4.69) is 10.2 Å². The zero-order valence-corrected chi connectivity index (χ0v) is 13.3. The van der Waals surface area contributed by atoms with Gasteiger partial charge >= 0.3 is 0 Å². The minimum Gasteiger partial charge on any atom is -0.376 e. The van der Waals surface area contributed by atoms with Gasteiger partial charge in [0.15, 0.2) is 0 Å². The standard InChI is InChI=1S/C18H23N3O2/c22-18(10-17-15-5-1-2-6-16(15)19-20-17)21-9-3-4-14(11-21)23-12-13-7-8-13/h1-2,5-6,13-14H,3-4,7-12H2,(H,19,20). The summed E-state index contributed by atoms with van der Waals surface area (Å²) in [6.07, 6.45) is 5.32. The van der Waals surface area contributed by atoms with Crippen molar-refractivity contribution in [3.8, 4) is 0 Å². The number of carbonyl (C=O) groups excluding carboxylic acids is 1. The first-order valence-electron chi connectivity index (χ1n) is 8.61. The fraction of sp³-hybridized carbons (Fsp3) is 0.556. The Morgan fingerprint density at radius 3 is 3.04 bits per heavy atom. The number of hydrogen-bond donors (Lipinski definition) is 1. The number of para-hydroxylation sites is 1. The number of piperidine rings is 1. The first kappa shape index (κ1) is 14.7. The minimum atomic E-state index is 0.166. The fourth-order valence-electron chi connectivity index (χ4n) is 3.27. The highest BCUT2D eigenvalue weighted by Gasteiger charge is 2.27. The molecule has 1 aliphatic heterocycles. The van der Waals surface area contributed by atoms with Crippen molar-refractivity contribution in [2.75, 3.05) is 19.7 Å². The molecule has 1 atom stereocenters. The lowest BCUT2D eigenvalue weighted by Gasteiger charge is -2.32. The Labute approximate surface area is 136 Å². The van der Waals surface area contributed by atoms with E-state index in [0.717, 1.165) is 55.1 Å². The Kier molecular flexibility index (Phi) is 4.04. The van der Waals surface area contributed by atoms with Crippen LogP contribution in [0.1, 0.15) is 31.4 Å². The smallest absolute Gasteiger partial charge is 0.228 e. The van der Waals surface area contributed by atoms with Crippen LogP contribution in [0, 0.1) is 5.92 Å². The normalized spacial score (nSPS) is 21.7. The Hall–Kier alpha value is -1.88. The molecule has 5 nitrogen and oxygen atoms in total. The van der Waals surface area contributed by atoms with Crippen molar-refractivity contribution in [3.63, 3.8) is 0 Å². The van der Waals surface area contributed by atoms with Crippen LogP contribution < -0.4 is 0 Å². The maximum Gasteiger partial charge on any atom is 0.228 e. The molecule has 1 aromatic heterocycles. The van der Waals surface area contributed by atoms with Gasteiger partial charge < -0.3 is 9.64 Å². The molecular weight excluding hydrogens is 290 g/mol. The molecule has 2 fully saturated rings. The van der Waals surface area contributed by atoms with Crippen LogP contribution in [0.5, 0.6) is 0 Å². The van der Waals surface area contributed by atoms with E-state index in [0.29, 0.717) is 6.42 Å². The molecule has 2 heterocycles. The molecule has 1 amide bonds. The number of likely N-dealkylation sites (tertiary alicyclic amines) is 1. The molecule has 23 heavy (non-hydrogen) atoms. The second kappa shape index (κ2) is 6.32. The maximum absolute atomic E-state index is 12.6. The van der Waals surface area contributed by atoms with Crippen LogP contribution in [0.4, 0.5) is 0 Å². The lowest BCUT2D eigenvalue weighted by molar-refractivity contribution is -0.134. The predicted molar refractivity (Wildman–Crippen MR) is 88.1 cm³/mol. The number of nitrogens with zero attached hydrogens (tertiary/aromatic N) is 2. The molecule has 5 heteroatoms. The van der Waals surface area contributed by atoms with Crippen molar-refractivity contribution in [2.45, 2.75) is 38.2 Å². The number of rotatable bonds is 5. The molecule has 0 bridgehead atoms. The zero-order chi connectivity index (χ0) is 15.6. The van der Waals surface area contributed by atoms with Crippen LogP contribution >= 0.6 is 0 Å². The monoisotopic (exact) mass is 313 g/mol. The van der Waals surface area contributed by atoms with Crippen molar-refractivity contribution in [1.29, 1.82) is 0 Å². The van der Waals surface area contributed by atoms with Crippen LogP contribution in [0.15, 0.2) is 24.3 Å². The molecule has 122 valence electrons. The third kappa shape index (κ3) is 3.39. The molecule has 1 saturated carbocycles. The molecule has 2 aromatic rings. The summed E-state index contributed by atoms with van der Waals surface area (Å²) >= 11 is 0. The summed E-state index contributed by atoms with van der Waals surface area (Å²) in [5.74, 6) is 0.941. The second-order valence-electron chi connectivity index (χ2n) is 6.78. The van der Waals surface area contributed by atoms with Gasteiger partial charge in [-0.2, -0.15) is 5.10 Å². The Balaban J connectivity index is 1.37. The van der Waals surface area contributed by atoms with E-state index in [9.17, 15) is 4.79 Å². The van der Waals surface area contributed by atoms with Crippen molar-refractivity contribution < 1.29 is 9.53 Å². The number of fused-ring (bicyclic) bond motifs is 1. The van der Waals surface area contributed by atoms with Gasteiger partial charge in [-0.05, 0) is 37.7 Å². The van der Waals surface area contributed by atoms with Gasteiger partial charge in [-0.3, -0.25) is 9.89 Å². The van der Waals surface area contributed by atoms with Gasteiger partial charge in [0.2, 0.25) is 5.91 Å². The van der Waals surface area contributed by atoms with Crippen molar-refractivity contribution in [3.05, 3.63) is 30.0 Å². The number of aromatic nitrogens is 2. The maximum atomic E-state index is 12.6. The second-order valence-corrected chi connectivity index (χ2v) is 6.78. The van der Waals surface area contributed by atoms with E-state index in [1.54, 1.807) is 0 Å². The molecule has 0 spiro atoms. The fourth-order valence-corrected chi connectivity index (χ4v) is 3.27. The number of aromatic amines is 1. The Morgan fingerprint density at radius 1 is 1.30 bits per heavy atom. The van der Waals surface area contributed by atoms with Crippen LogP contribution in [-0.4, -0.2) is 46.8 Å². The van der Waals surface area contributed by atoms with Gasteiger partial charge in [-0.15, -0.1) is 0 Å². The van der Waals surface area contributed by atoms with Crippen LogP contribution in [0.2, 0.25) is 0 Å². The number of H-pyrrole nitrogens is 1. The summed E-state index contributed by atoms with van der Waals surface area (Å²) in [5.41, 5.74) is 1.83. The highest BCUT2D eigenvalue weighted by Crippen LogP contribution is 2.30. The Bertz CT molecular complexity index is 692. The quantitative estimate of drug-likeness (QED) is 0.923. The average Bonchev–Trinajstić information content (AvgIpc) is 3.34. The third-order valence-corrected chi connectivity index (χ3v) is 4.86. The highest BCUT2D eigenvalue weighted by atomic mass is 16.5. The van der Waals surface area contributed by atoms with Gasteiger partial charge in [0.25, 0.3) is 0 Å². The van der Waals surface area contributed by atoms with Gasteiger partial charge in [0, 0.05) is 25.1 Å². The predicted octanol–water partition coefficient (Wildman–Crippen LogP) is 2.52. The largest absolute Gasteiger partial charge is 0.376 e. The van der Waals surface area contributed by atoms with Crippen molar-refractivity contribution >= 4 is 16.8 Å². The minimum absolute atomic E-state index is 0.166. The van der Waals surface area contributed by atoms with Crippen LogP contribution in [0.25, 0.3) is 10.9 Å². The summed E-state index contributed by atoms with van der Waals surface area (Å²) in [4.78, 5) is 14.6. The molecular formula is C18H23N3O2. The van der Waals surface area contributed by atoms with E-state index in [4.69, 9.17) is 4.74 Å². The van der Waals surface area contributed by atoms with E-state index < -0.39 is 0 Å². The first-order valence-corrected chi connectivity index (χ1v) is 8.61. The van der Waals surface area contributed by atoms with E-state index in [1.165, 1.54) is 12.8 Å². The average molecular weight is 313 g/mol. The number of amides is 1. The van der Waals surface area contributed by atoms with Crippen LogP contribution in [0.3, 0.4) is 0 Å². The van der Waals surface area contributed by atoms with Crippen molar-refractivity contribution in [1.82, 2.24) is 15.1 Å². The zero-order valence-electron chi connectivity index (χ0n) is 13.3.